The van der Waals surface area contributed by atoms with Gasteiger partial charge in [-0.25, -0.2) is 17.9 Å². The molecule has 1 aromatic heterocycles. The van der Waals surface area contributed by atoms with Crippen molar-refractivity contribution in [3.05, 3.63) is 76.4 Å². The van der Waals surface area contributed by atoms with E-state index >= 15 is 0 Å². The molecule has 1 fully saturated rings. The molecule has 176 valence electrons. The van der Waals surface area contributed by atoms with Crippen LogP contribution in [0.5, 0.6) is 0 Å². The van der Waals surface area contributed by atoms with Gasteiger partial charge in [0.2, 0.25) is 0 Å². The van der Waals surface area contributed by atoms with E-state index in [1.165, 1.54) is 19.1 Å². The van der Waals surface area contributed by atoms with Crippen LogP contribution in [0.1, 0.15) is 45.4 Å². The van der Waals surface area contributed by atoms with Gasteiger partial charge in [-0.1, -0.05) is 0 Å². The van der Waals surface area contributed by atoms with Crippen molar-refractivity contribution in [1.82, 2.24) is 14.7 Å². The Bertz CT molecular complexity index is 1300. The summed E-state index contributed by atoms with van der Waals surface area (Å²) in [4.78, 5) is 28.4. The average molecular weight is 468 g/mol. The smallest absolute Gasteiger partial charge is 0.274 e. The van der Waals surface area contributed by atoms with Crippen LogP contribution in [0.3, 0.4) is 0 Å². The van der Waals surface area contributed by atoms with Crippen molar-refractivity contribution >= 4 is 17.4 Å². The van der Waals surface area contributed by atoms with Crippen LogP contribution in [0.25, 0.3) is 5.69 Å². The summed E-state index contributed by atoms with van der Waals surface area (Å²) < 4.78 is 43.3. The van der Waals surface area contributed by atoms with Crippen LogP contribution in [0.4, 0.5) is 18.9 Å². The van der Waals surface area contributed by atoms with Crippen LogP contribution >= 0.6 is 0 Å². The Morgan fingerprint density at radius 1 is 0.882 bits per heavy atom. The zero-order valence-electron chi connectivity index (χ0n) is 18.7. The highest BCUT2D eigenvalue weighted by molar-refractivity contribution is 5.95. The summed E-state index contributed by atoms with van der Waals surface area (Å²) in [6.07, 6.45) is 2.27. The third kappa shape index (κ3) is 3.85. The molecule has 1 aliphatic carbocycles. The second-order valence-electron chi connectivity index (χ2n) is 8.64. The second-order valence-corrected chi connectivity index (χ2v) is 8.64. The Balaban J connectivity index is 1.34. The fourth-order valence-corrected chi connectivity index (χ4v) is 4.72. The number of benzene rings is 2. The molecule has 2 heterocycles. The summed E-state index contributed by atoms with van der Waals surface area (Å²) in [5.41, 5.74) is 3.14. The molecule has 0 unspecified atom stereocenters. The van der Waals surface area contributed by atoms with Crippen molar-refractivity contribution < 1.29 is 22.8 Å². The van der Waals surface area contributed by atoms with Crippen LogP contribution in [-0.4, -0.2) is 52.5 Å². The third-order valence-electron chi connectivity index (χ3n) is 6.54. The number of nitrogens with zero attached hydrogens (tertiary/aromatic N) is 4. The van der Waals surface area contributed by atoms with E-state index < -0.39 is 17.5 Å². The lowest BCUT2D eigenvalue weighted by Gasteiger charge is -2.36. The van der Waals surface area contributed by atoms with E-state index in [9.17, 15) is 22.8 Å². The number of Topliss-reactive ketones (excluding diaryl/α,β-unsaturated/α-hetero) is 1. The number of piperazine rings is 1. The zero-order valence-corrected chi connectivity index (χ0v) is 18.7. The van der Waals surface area contributed by atoms with E-state index in [2.05, 4.69) is 5.10 Å². The summed E-state index contributed by atoms with van der Waals surface area (Å²) in [6, 6.07) is 8.02. The second kappa shape index (κ2) is 8.62. The van der Waals surface area contributed by atoms with Crippen molar-refractivity contribution in [3.8, 4) is 5.69 Å². The third-order valence-corrected chi connectivity index (χ3v) is 6.54. The van der Waals surface area contributed by atoms with E-state index in [1.807, 2.05) is 4.90 Å². The van der Waals surface area contributed by atoms with Crippen molar-refractivity contribution in [2.75, 3.05) is 31.1 Å². The lowest BCUT2D eigenvalue weighted by molar-refractivity contribution is 0.0739. The largest absolute Gasteiger partial charge is 0.366 e. The standard InChI is InChI=1S/C25H23F3N4O2/c1-15(33)16-5-8-23(21(28)13-16)30-9-11-31(12-10-30)25(34)24-18-3-2-4-22(18)32(29-24)17-6-7-19(26)20(27)14-17/h5-8,13-14H,2-4,9-12H2,1H3. The van der Waals surface area contributed by atoms with Gasteiger partial charge in [0.25, 0.3) is 5.91 Å². The van der Waals surface area contributed by atoms with Gasteiger partial charge in [0, 0.05) is 49.1 Å². The maximum Gasteiger partial charge on any atom is 0.274 e. The first kappa shape index (κ1) is 22.2. The molecule has 5 rings (SSSR count). The Morgan fingerprint density at radius 2 is 1.65 bits per heavy atom. The molecule has 2 aliphatic rings. The number of halogens is 3. The molecule has 0 spiro atoms. The van der Waals surface area contributed by atoms with E-state index in [0.29, 0.717) is 61.7 Å². The monoisotopic (exact) mass is 468 g/mol. The average Bonchev–Trinajstić information content (AvgIpc) is 3.44. The number of carbonyl (C=O) groups excluding carboxylic acids is 2. The maximum atomic E-state index is 14.5. The van der Waals surface area contributed by atoms with E-state index in [-0.39, 0.29) is 11.7 Å². The lowest BCUT2D eigenvalue weighted by atomic mass is 10.1. The fraction of sp³-hybridized carbons (Fsp3) is 0.320. The molecule has 0 radical (unpaired) electrons. The van der Waals surface area contributed by atoms with Gasteiger partial charge in [-0.2, -0.15) is 5.10 Å². The van der Waals surface area contributed by atoms with Crippen molar-refractivity contribution in [3.63, 3.8) is 0 Å². The number of amides is 1. The Morgan fingerprint density at radius 3 is 2.32 bits per heavy atom. The van der Waals surface area contributed by atoms with E-state index in [1.54, 1.807) is 21.7 Å². The van der Waals surface area contributed by atoms with Crippen molar-refractivity contribution in [1.29, 1.82) is 0 Å². The minimum Gasteiger partial charge on any atom is -0.366 e. The van der Waals surface area contributed by atoms with Gasteiger partial charge in [0.1, 0.15) is 5.82 Å². The molecule has 1 saturated heterocycles. The quantitative estimate of drug-likeness (QED) is 0.545. The SMILES string of the molecule is CC(=O)c1ccc(N2CCN(C(=O)c3nn(-c4ccc(F)c(F)c4)c4c3CCC4)CC2)c(F)c1. The summed E-state index contributed by atoms with van der Waals surface area (Å²) in [7, 11) is 0. The van der Waals surface area contributed by atoms with Crippen LogP contribution < -0.4 is 4.90 Å². The van der Waals surface area contributed by atoms with Crippen molar-refractivity contribution in [2.45, 2.75) is 26.2 Å². The number of hydrogen-bond acceptors (Lipinski definition) is 4. The molecular formula is C25H23F3N4O2. The predicted molar refractivity (Wildman–Crippen MR) is 120 cm³/mol. The topological polar surface area (TPSA) is 58.4 Å². The number of hydrogen-bond donors (Lipinski definition) is 0. The van der Waals surface area contributed by atoms with Gasteiger partial charge in [-0.05, 0) is 56.5 Å². The normalized spacial score (nSPS) is 15.5. The molecule has 1 aliphatic heterocycles. The minimum atomic E-state index is -0.965. The van der Waals surface area contributed by atoms with Crippen molar-refractivity contribution in [2.24, 2.45) is 0 Å². The van der Waals surface area contributed by atoms with Gasteiger partial charge >= 0.3 is 0 Å². The summed E-state index contributed by atoms with van der Waals surface area (Å²) in [6.45, 7) is 3.05. The molecule has 0 bridgehead atoms. The highest BCUT2D eigenvalue weighted by Crippen LogP contribution is 2.30. The zero-order chi connectivity index (χ0) is 24.0. The number of fused-ring (bicyclic) bond motifs is 1. The van der Waals surface area contributed by atoms with Gasteiger partial charge in [-0.15, -0.1) is 0 Å². The highest BCUT2D eigenvalue weighted by atomic mass is 19.2. The summed E-state index contributed by atoms with van der Waals surface area (Å²) >= 11 is 0. The number of ketones is 1. The summed E-state index contributed by atoms with van der Waals surface area (Å²) in [5.74, 6) is -2.78. The molecule has 6 nitrogen and oxygen atoms in total. The number of rotatable bonds is 4. The van der Waals surface area contributed by atoms with Gasteiger partial charge in [-0.3, -0.25) is 9.59 Å². The molecule has 0 saturated carbocycles. The molecule has 1 amide bonds. The Labute approximate surface area is 194 Å². The number of carbonyl (C=O) groups is 2. The predicted octanol–water partition coefficient (Wildman–Crippen LogP) is 3.94. The Kier molecular flexibility index (Phi) is 5.63. The molecule has 34 heavy (non-hydrogen) atoms. The first-order valence-electron chi connectivity index (χ1n) is 11.2. The summed E-state index contributed by atoms with van der Waals surface area (Å²) in [5, 5.41) is 4.50. The maximum absolute atomic E-state index is 14.5. The van der Waals surface area contributed by atoms with Crippen LogP contribution in [0, 0.1) is 17.5 Å². The molecule has 2 aromatic carbocycles. The van der Waals surface area contributed by atoms with E-state index in [4.69, 9.17) is 0 Å². The fourth-order valence-electron chi connectivity index (χ4n) is 4.72. The van der Waals surface area contributed by atoms with Crippen LogP contribution in [0.2, 0.25) is 0 Å². The first-order valence-corrected chi connectivity index (χ1v) is 11.2. The van der Waals surface area contributed by atoms with Gasteiger partial charge < -0.3 is 9.80 Å². The molecule has 0 atom stereocenters. The van der Waals surface area contributed by atoms with Gasteiger partial charge in [0.15, 0.2) is 23.1 Å². The minimum absolute atomic E-state index is 0.198. The Hall–Kier alpha value is -3.62. The molecule has 0 N–H and O–H groups in total. The molecule has 3 aromatic rings. The van der Waals surface area contributed by atoms with Crippen LogP contribution in [0.15, 0.2) is 36.4 Å². The highest BCUT2D eigenvalue weighted by Gasteiger charge is 2.31. The number of anilines is 1. The van der Waals surface area contributed by atoms with E-state index in [0.717, 1.165) is 29.8 Å². The lowest BCUT2D eigenvalue weighted by Crippen LogP contribution is -2.49. The molecular weight excluding hydrogens is 445 g/mol. The first-order chi connectivity index (χ1) is 16.3. The molecule has 9 heteroatoms. The van der Waals surface area contributed by atoms with Crippen LogP contribution in [-0.2, 0) is 12.8 Å². The van der Waals surface area contributed by atoms with Gasteiger partial charge in [0.05, 0.1) is 11.4 Å². The number of aromatic nitrogens is 2.